The molecule has 5 rings (SSSR count). The lowest BCUT2D eigenvalue weighted by atomic mass is 9.47. The molecule has 0 N–H and O–H groups in total. The zero-order valence-corrected chi connectivity index (χ0v) is 37.1. The smallest absolute Gasteiger partial charge is 0.303 e. The minimum Gasteiger partial charge on any atom is -0.456 e. The fraction of sp³-hybridized carbons (Fsp3) is 0.889. The molecule has 57 heavy (non-hydrogen) atoms. The van der Waals surface area contributed by atoms with Gasteiger partial charge in [-0.1, -0.05) is 83.5 Å². The number of hydrogen-bond donors (Lipinski definition) is 0. The van der Waals surface area contributed by atoms with E-state index in [2.05, 4.69) is 50.7 Å². The van der Waals surface area contributed by atoms with E-state index in [0.29, 0.717) is 22.7 Å². The molecule has 322 valence electrons. The average Bonchev–Trinajstić information content (AvgIpc) is 3.50. The number of allylic oxidation sites excluding steroid dienone is 1. The number of fused-ring (bicyclic) bond motifs is 5. The molecule has 0 spiro atoms. The van der Waals surface area contributed by atoms with E-state index in [4.69, 9.17) is 29.2 Å². The van der Waals surface area contributed by atoms with Crippen molar-refractivity contribution in [2.75, 3.05) is 18.9 Å². The number of esters is 3. The third kappa shape index (κ3) is 11.3. The van der Waals surface area contributed by atoms with E-state index < -0.39 is 47.8 Å². The first kappa shape index (κ1) is 45.8. The van der Waals surface area contributed by atoms with Gasteiger partial charge in [-0.15, -0.1) is 11.8 Å². The molecule has 12 heteroatoms. The van der Waals surface area contributed by atoms with E-state index >= 15 is 0 Å². The van der Waals surface area contributed by atoms with E-state index in [9.17, 15) is 14.4 Å². The summed E-state index contributed by atoms with van der Waals surface area (Å²) >= 11 is 1.45. The summed E-state index contributed by atoms with van der Waals surface area (Å²) < 4.78 is 29.3. The van der Waals surface area contributed by atoms with Gasteiger partial charge in [-0.2, -0.15) is 0 Å². The summed E-state index contributed by atoms with van der Waals surface area (Å²) in [6.45, 7) is 16.9. The van der Waals surface area contributed by atoms with Gasteiger partial charge in [0.05, 0.1) is 12.6 Å². The van der Waals surface area contributed by atoms with Crippen LogP contribution in [0.1, 0.15) is 152 Å². The van der Waals surface area contributed by atoms with Crippen molar-refractivity contribution in [3.63, 3.8) is 0 Å². The Morgan fingerprint density at radius 2 is 1.58 bits per heavy atom. The molecule has 0 unspecified atom stereocenters. The minimum atomic E-state index is -1.11. The van der Waals surface area contributed by atoms with Crippen molar-refractivity contribution < 1.29 is 38.1 Å². The number of nitrogens with zero attached hydrogens (tertiary/aromatic N) is 3. The van der Waals surface area contributed by atoms with Gasteiger partial charge in [0.25, 0.3) is 0 Å². The molecule has 4 fully saturated rings. The fourth-order valence-electron chi connectivity index (χ4n) is 12.1. The maximum atomic E-state index is 12.1. The van der Waals surface area contributed by atoms with Gasteiger partial charge in [0.15, 0.2) is 18.3 Å². The molecule has 11 nitrogen and oxygen atoms in total. The Labute approximate surface area is 346 Å². The average molecular weight is 816 g/mol. The standard InChI is InChI=1S/C45H73N3O8S/c1-28(2)14-13-15-29(3)36-18-19-37-35-17-16-33-26-34(20-22-44(33,7)38(35)21-23-45(36,37)8)52-24-11-9-10-12-25-57-43-42(55-32(6)51)41(54-31(5)50)40(53-30(4)49)39(56-43)27-47-48-46/h16,28-29,34-43H,9-15,17-27H2,1-8H3/t29-,34+,35+,36-,37+,38+,39-,40-,41+,42+,43-,44+,45-/m1/s1. The summed E-state index contributed by atoms with van der Waals surface area (Å²) in [5, 5.41) is 3.62. The van der Waals surface area contributed by atoms with Crippen LogP contribution in [0.25, 0.3) is 10.4 Å². The molecular formula is C45H73N3O8S. The van der Waals surface area contributed by atoms with Crippen molar-refractivity contribution in [1.82, 2.24) is 0 Å². The lowest BCUT2D eigenvalue weighted by Crippen LogP contribution is -2.61. The molecule has 1 aliphatic heterocycles. The van der Waals surface area contributed by atoms with Crippen LogP contribution in [0, 0.1) is 46.3 Å². The molecular weight excluding hydrogens is 743 g/mol. The van der Waals surface area contributed by atoms with Crippen molar-refractivity contribution in [2.24, 2.45) is 51.5 Å². The van der Waals surface area contributed by atoms with Crippen LogP contribution >= 0.6 is 11.8 Å². The van der Waals surface area contributed by atoms with Crippen LogP contribution in [0.15, 0.2) is 16.8 Å². The number of unbranched alkanes of at least 4 members (excludes halogenated alkanes) is 3. The summed E-state index contributed by atoms with van der Waals surface area (Å²) in [6.07, 6.45) is 17.5. The Hall–Kier alpha value is -2.27. The number of thioether (sulfide) groups is 1. The predicted molar refractivity (Wildman–Crippen MR) is 223 cm³/mol. The molecule has 1 heterocycles. The Morgan fingerprint density at radius 1 is 0.877 bits per heavy atom. The van der Waals surface area contributed by atoms with Gasteiger partial charge in [0.1, 0.15) is 11.5 Å². The molecule has 0 aromatic heterocycles. The second kappa shape index (κ2) is 20.8. The van der Waals surface area contributed by atoms with Crippen molar-refractivity contribution in [1.29, 1.82) is 0 Å². The third-order valence-corrected chi connectivity index (χ3v) is 16.0. The number of ether oxygens (including phenoxy) is 5. The first-order valence-electron chi connectivity index (χ1n) is 22.3. The van der Waals surface area contributed by atoms with Crippen molar-refractivity contribution in [3.05, 3.63) is 22.1 Å². The maximum absolute atomic E-state index is 12.1. The first-order valence-corrected chi connectivity index (χ1v) is 23.3. The van der Waals surface area contributed by atoms with Crippen LogP contribution < -0.4 is 0 Å². The highest BCUT2D eigenvalue weighted by Gasteiger charge is 2.59. The molecule has 0 amide bonds. The van der Waals surface area contributed by atoms with Gasteiger partial charge in [-0.05, 0) is 122 Å². The Bertz CT molecular complexity index is 1450. The predicted octanol–water partition coefficient (Wildman–Crippen LogP) is 10.5. The van der Waals surface area contributed by atoms with E-state index in [1.807, 2.05) is 0 Å². The molecule has 1 saturated heterocycles. The lowest BCUT2D eigenvalue weighted by Gasteiger charge is -2.58. The lowest BCUT2D eigenvalue weighted by molar-refractivity contribution is -0.230. The first-order chi connectivity index (χ1) is 27.2. The van der Waals surface area contributed by atoms with Crippen molar-refractivity contribution in [2.45, 2.75) is 188 Å². The Morgan fingerprint density at radius 3 is 2.28 bits per heavy atom. The zero-order valence-electron chi connectivity index (χ0n) is 36.2. The van der Waals surface area contributed by atoms with Gasteiger partial charge in [0, 0.05) is 32.3 Å². The van der Waals surface area contributed by atoms with Gasteiger partial charge >= 0.3 is 17.9 Å². The van der Waals surface area contributed by atoms with Crippen LogP contribution in [0.5, 0.6) is 0 Å². The van der Waals surface area contributed by atoms with Crippen LogP contribution in [0.2, 0.25) is 0 Å². The monoisotopic (exact) mass is 816 g/mol. The van der Waals surface area contributed by atoms with E-state index in [1.54, 1.807) is 5.57 Å². The minimum absolute atomic E-state index is 0.146. The second-order valence-corrected chi connectivity index (χ2v) is 20.2. The molecule has 0 aromatic rings. The fourth-order valence-corrected chi connectivity index (χ4v) is 13.3. The largest absolute Gasteiger partial charge is 0.456 e. The second-order valence-electron chi connectivity index (χ2n) is 19.0. The molecule has 5 aliphatic rings. The summed E-state index contributed by atoms with van der Waals surface area (Å²) in [5.74, 6) is 4.00. The van der Waals surface area contributed by atoms with Gasteiger partial charge in [-0.25, -0.2) is 0 Å². The molecule has 0 bridgehead atoms. The number of azide groups is 1. The van der Waals surface area contributed by atoms with Crippen molar-refractivity contribution >= 4 is 29.7 Å². The third-order valence-electron chi connectivity index (χ3n) is 14.8. The van der Waals surface area contributed by atoms with Crippen LogP contribution in [0.4, 0.5) is 0 Å². The number of carbonyl (C=O) groups is 3. The zero-order chi connectivity index (χ0) is 41.3. The quantitative estimate of drug-likeness (QED) is 0.0236. The summed E-state index contributed by atoms with van der Waals surface area (Å²) in [6, 6.07) is 0. The van der Waals surface area contributed by atoms with Crippen LogP contribution in [-0.2, 0) is 38.1 Å². The van der Waals surface area contributed by atoms with E-state index in [0.717, 1.165) is 80.6 Å². The van der Waals surface area contributed by atoms with Gasteiger partial charge in [0.2, 0.25) is 0 Å². The van der Waals surface area contributed by atoms with Crippen LogP contribution in [0.3, 0.4) is 0 Å². The van der Waals surface area contributed by atoms with Gasteiger partial charge < -0.3 is 23.7 Å². The van der Waals surface area contributed by atoms with Gasteiger partial charge in [-0.3, -0.25) is 14.4 Å². The summed E-state index contributed by atoms with van der Waals surface area (Å²) in [4.78, 5) is 38.9. The number of rotatable bonds is 19. The summed E-state index contributed by atoms with van der Waals surface area (Å²) in [7, 11) is 0. The van der Waals surface area contributed by atoms with E-state index in [1.165, 1.54) is 90.3 Å². The topological polar surface area (TPSA) is 146 Å². The highest BCUT2D eigenvalue weighted by molar-refractivity contribution is 7.99. The number of carbonyl (C=O) groups excluding carboxylic acids is 3. The van der Waals surface area contributed by atoms with E-state index in [-0.39, 0.29) is 6.54 Å². The molecule has 0 aromatic carbocycles. The highest BCUT2D eigenvalue weighted by atomic mass is 32.2. The summed E-state index contributed by atoms with van der Waals surface area (Å²) in [5.41, 5.74) is 10.8. The molecule has 0 radical (unpaired) electrons. The SMILES string of the molecule is CC(=O)O[C@@H]1[C@H](OC(C)=O)[C@@H](SCCCCCCO[C@H]2CC[C@@]3(C)C(=CC[C@H]4[C@@H]5CC[C@H]([C@H](C)CCCC(C)C)[C@@]5(C)CC[C@@H]43)C2)O[C@H](CN=[N+]=[N-])[C@H]1OC(C)=O. The highest BCUT2D eigenvalue weighted by Crippen LogP contribution is 2.67. The molecule has 4 aliphatic carbocycles. The Kier molecular flexibility index (Phi) is 16.7. The normalized spacial score (nSPS) is 36.5. The Balaban J connectivity index is 1.06. The number of hydrogen-bond acceptors (Lipinski definition) is 10. The molecule has 3 saturated carbocycles. The van der Waals surface area contributed by atoms with Crippen LogP contribution in [-0.4, -0.2) is 72.8 Å². The molecule has 13 atom stereocenters. The maximum Gasteiger partial charge on any atom is 0.303 e. The van der Waals surface area contributed by atoms with Crippen molar-refractivity contribution in [3.8, 4) is 0 Å².